The Kier molecular flexibility index (Phi) is 4.10. The molecule has 0 spiro atoms. The van der Waals surface area contributed by atoms with Crippen molar-refractivity contribution in [2.45, 2.75) is 38.6 Å². The Balaban J connectivity index is 2.85. The number of hydrogen-bond donors (Lipinski definition) is 1. The van der Waals surface area contributed by atoms with Crippen LogP contribution in [0.1, 0.15) is 32.6 Å². The van der Waals surface area contributed by atoms with Crippen LogP contribution >= 0.6 is 0 Å². The summed E-state index contributed by atoms with van der Waals surface area (Å²) in [7, 11) is -3.38. The number of hydrogen-bond acceptors (Lipinski definition) is 3. The fourth-order valence-corrected chi connectivity index (χ4v) is 3.60. The van der Waals surface area contributed by atoms with E-state index >= 15 is 0 Å². The zero-order chi connectivity index (χ0) is 11.5. The first-order valence-corrected chi connectivity index (χ1v) is 6.82. The van der Waals surface area contributed by atoms with E-state index in [4.69, 9.17) is 5.11 Å². The molecule has 6 heteroatoms. The molecule has 1 atom stereocenters. The van der Waals surface area contributed by atoms with Gasteiger partial charge in [-0.2, -0.15) is 4.31 Å². The average molecular weight is 235 g/mol. The molecule has 1 heterocycles. The molecule has 1 aliphatic rings. The fourth-order valence-electron chi connectivity index (χ4n) is 1.86. The van der Waals surface area contributed by atoms with Gasteiger partial charge in [0.25, 0.3) is 0 Å². The average Bonchev–Trinajstić information content (AvgIpc) is 2.17. The van der Waals surface area contributed by atoms with E-state index in [1.807, 2.05) is 0 Å². The van der Waals surface area contributed by atoms with Gasteiger partial charge in [-0.1, -0.05) is 6.92 Å². The molecule has 1 fully saturated rings. The van der Waals surface area contributed by atoms with Crippen LogP contribution in [-0.4, -0.2) is 42.1 Å². The van der Waals surface area contributed by atoms with Gasteiger partial charge in [0.15, 0.2) is 0 Å². The van der Waals surface area contributed by atoms with Gasteiger partial charge in [0.05, 0.1) is 5.75 Å². The Morgan fingerprint density at radius 2 is 2.13 bits per heavy atom. The van der Waals surface area contributed by atoms with E-state index in [9.17, 15) is 13.2 Å². The number of rotatable bonds is 4. The molecular formula is C9H17NO4S. The molecule has 0 aromatic carbocycles. The minimum atomic E-state index is -3.38. The Morgan fingerprint density at radius 3 is 2.67 bits per heavy atom. The third-order valence-corrected chi connectivity index (χ3v) is 4.63. The summed E-state index contributed by atoms with van der Waals surface area (Å²) in [5.41, 5.74) is 0. The van der Waals surface area contributed by atoms with Gasteiger partial charge in [-0.05, 0) is 25.7 Å². The minimum absolute atomic E-state index is 0.0385. The van der Waals surface area contributed by atoms with Crippen LogP contribution in [0.3, 0.4) is 0 Å². The molecule has 0 saturated carbocycles. The molecule has 1 N–H and O–H groups in total. The van der Waals surface area contributed by atoms with Gasteiger partial charge in [0.2, 0.25) is 10.0 Å². The molecule has 0 aromatic rings. The van der Waals surface area contributed by atoms with E-state index in [-0.39, 0.29) is 5.75 Å². The molecule has 15 heavy (non-hydrogen) atoms. The molecule has 0 aromatic heterocycles. The summed E-state index contributed by atoms with van der Waals surface area (Å²) in [6.45, 7) is 2.12. The van der Waals surface area contributed by atoms with Crippen molar-refractivity contribution in [2.75, 3.05) is 12.3 Å². The SMILES string of the molecule is CCCS(=O)(=O)N1CCCC[C@@H]1C(=O)O. The third kappa shape index (κ3) is 2.92. The van der Waals surface area contributed by atoms with Gasteiger partial charge < -0.3 is 5.11 Å². The molecule has 5 nitrogen and oxygen atoms in total. The Morgan fingerprint density at radius 1 is 1.47 bits per heavy atom. The lowest BCUT2D eigenvalue weighted by Gasteiger charge is -2.31. The topological polar surface area (TPSA) is 74.7 Å². The number of carbonyl (C=O) groups is 1. The Bertz CT molecular complexity index is 325. The predicted molar refractivity (Wildman–Crippen MR) is 56.1 cm³/mol. The van der Waals surface area contributed by atoms with Crippen molar-refractivity contribution < 1.29 is 18.3 Å². The standard InChI is InChI=1S/C9H17NO4S/c1-2-7-15(13,14)10-6-4-3-5-8(10)9(11)12/h8H,2-7H2,1H3,(H,11,12)/t8-/m1/s1. The van der Waals surface area contributed by atoms with Crippen molar-refractivity contribution >= 4 is 16.0 Å². The maximum Gasteiger partial charge on any atom is 0.322 e. The van der Waals surface area contributed by atoms with Crippen LogP contribution in [0.4, 0.5) is 0 Å². The molecular weight excluding hydrogens is 218 g/mol. The number of carboxylic acids is 1. The van der Waals surface area contributed by atoms with Gasteiger partial charge in [0.1, 0.15) is 6.04 Å². The summed E-state index contributed by atoms with van der Waals surface area (Å²) >= 11 is 0. The predicted octanol–water partition coefficient (Wildman–Crippen LogP) is 0.665. The first-order valence-electron chi connectivity index (χ1n) is 5.21. The highest BCUT2D eigenvalue weighted by Crippen LogP contribution is 2.21. The monoisotopic (exact) mass is 235 g/mol. The first-order chi connectivity index (χ1) is 6.99. The molecule has 1 saturated heterocycles. The number of aliphatic carboxylic acids is 1. The summed E-state index contributed by atoms with van der Waals surface area (Å²) in [5.74, 6) is -0.995. The van der Waals surface area contributed by atoms with E-state index in [1.54, 1.807) is 6.92 Å². The van der Waals surface area contributed by atoms with Crippen LogP contribution in [0.2, 0.25) is 0 Å². The van der Waals surface area contributed by atoms with Crippen molar-refractivity contribution in [3.8, 4) is 0 Å². The van der Waals surface area contributed by atoms with Crippen molar-refractivity contribution in [3.63, 3.8) is 0 Å². The second-order valence-corrected chi connectivity index (χ2v) is 5.82. The number of piperidine rings is 1. The van der Waals surface area contributed by atoms with Crippen molar-refractivity contribution in [1.29, 1.82) is 0 Å². The van der Waals surface area contributed by atoms with Crippen molar-refractivity contribution in [3.05, 3.63) is 0 Å². The highest BCUT2D eigenvalue weighted by molar-refractivity contribution is 7.89. The summed E-state index contributed by atoms with van der Waals surface area (Å²) < 4.78 is 24.7. The molecule has 0 aliphatic carbocycles. The maximum absolute atomic E-state index is 11.8. The summed E-state index contributed by atoms with van der Waals surface area (Å²) in [5, 5.41) is 8.93. The third-order valence-electron chi connectivity index (χ3n) is 2.56. The van der Waals surface area contributed by atoms with Crippen LogP contribution in [0.5, 0.6) is 0 Å². The number of carboxylic acid groups (broad SMARTS) is 1. The Hall–Kier alpha value is -0.620. The lowest BCUT2D eigenvalue weighted by molar-refractivity contribution is -0.142. The van der Waals surface area contributed by atoms with E-state index in [0.29, 0.717) is 19.4 Å². The molecule has 1 aliphatic heterocycles. The van der Waals surface area contributed by atoms with Crippen molar-refractivity contribution in [2.24, 2.45) is 0 Å². The van der Waals surface area contributed by atoms with Crippen molar-refractivity contribution in [1.82, 2.24) is 4.31 Å². The van der Waals surface area contributed by atoms with Gasteiger partial charge in [-0.15, -0.1) is 0 Å². The van der Waals surface area contributed by atoms with Crippen LogP contribution in [0.15, 0.2) is 0 Å². The second kappa shape index (κ2) is 4.94. The summed E-state index contributed by atoms with van der Waals surface area (Å²) in [4.78, 5) is 10.9. The number of sulfonamides is 1. The van der Waals surface area contributed by atoms with E-state index in [0.717, 1.165) is 17.1 Å². The van der Waals surface area contributed by atoms with Crippen LogP contribution in [0.25, 0.3) is 0 Å². The summed E-state index contributed by atoms with van der Waals surface area (Å²) in [6, 6.07) is -0.852. The molecule has 0 radical (unpaired) electrons. The molecule has 0 unspecified atom stereocenters. The minimum Gasteiger partial charge on any atom is -0.480 e. The molecule has 88 valence electrons. The maximum atomic E-state index is 11.8. The van der Waals surface area contributed by atoms with E-state index in [2.05, 4.69) is 0 Å². The largest absolute Gasteiger partial charge is 0.480 e. The van der Waals surface area contributed by atoms with Crippen LogP contribution in [-0.2, 0) is 14.8 Å². The normalized spacial score (nSPS) is 23.9. The zero-order valence-corrected chi connectivity index (χ0v) is 9.66. The molecule has 1 rings (SSSR count). The lowest BCUT2D eigenvalue weighted by Crippen LogP contribution is -2.48. The summed E-state index contributed by atoms with van der Waals surface area (Å²) in [6.07, 6.45) is 2.49. The van der Waals surface area contributed by atoms with E-state index in [1.165, 1.54) is 0 Å². The smallest absolute Gasteiger partial charge is 0.322 e. The van der Waals surface area contributed by atoms with Gasteiger partial charge >= 0.3 is 5.97 Å². The van der Waals surface area contributed by atoms with Gasteiger partial charge in [-0.25, -0.2) is 8.42 Å². The van der Waals surface area contributed by atoms with E-state index < -0.39 is 22.0 Å². The molecule has 0 bridgehead atoms. The number of nitrogens with zero attached hydrogens (tertiary/aromatic N) is 1. The fraction of sp³-hybridized carbons (Fsp3) is 0.889. The van der Waals surface area contributed by atoms with Crippen LogP contribution in [0, 0.1) is 0 Å². The highest BCUT2D eigenvalue weighted by Gasteiger charge is 2.35. The molecule has 0 amide bonds. The Labute approximate surface area is 90.1 Å². The highest BCUT2D eigenvalue weighted by atomic mass is 32.2. The lowest BCUT2D eigenvalue weighted by atomic mass is 10.1. The van der Waals surface area contributed by atoms with Crippen LogP contribution < -0.4 is 0 Å². The quantitative estimate of drug-likeness (QED) is 0.777. The first kappa shape index (κ1) is 12.4. The zero-order valence-electron chi connectivity index (χ0n) is 8.85. The van der Waals surface area contributed by atoms with Gasteiger partial charge in [0, 0.05) is 6.54 Å². The second-order valence-electron chi connectivity index (χ2n) is 3.78. The van der Waals surface area contributed by atoms with Gasteiger partial charge in [-0.3, -0.25) is 4.79 Å².